The van der Waals surface area contributed by atoms with E-state index in [-0.39, 0.29) is 0 Å². The molecule has 0 saturated heterocycles. The fourth-order valence-corrected chi connectivity index (χ4v) is 0.207. The predicted molar refractivity (Wildman–Crippen MR) is 48.2 cm³/mol. The molecule has 0 fully saturated rings. The second-order valence-electron chi connectivity index (χ2n) is 1.24. The summed E-state index contributed by atoms with van der Waals surface area (Å²) in [5, 5.41) is 2.81. The van der Waals surface area contributed by atoms with Gasteiger partial charge in [-0.1, -0.05) is 27.0 Å². The van der Waals surface area contributed by atoms with Crippen LogP contribution in [0.25, 0.3) is 0 Å². The van der Waals surface area contributed by atoms with Crippen molar-refractivity contribution in [1.82, 2.24) is 5.32 Å². The van der Waals surface area contributed by atoms with Gasteiger partial charge in [0, 0.05) is 25.2 Å². The van der Waals surface area contributed by atoms with E-state index in [9.17, 15) is 0 Å². The molecular weight excluding hydrogens is 124 g/mol. The second-order valence-corrected chi connectivity index (χ2v) is 1.24. The fraction of sp³-hybridized carbons (Fsp3) is 0.375. The Balaban J connectivity index is 0. The number of aliphatic imine (C=N–C) groups is 1. The van der Waals surface area contributed by atoms with Gasteiger partial charge in [-0.25, -0.2) is 0 Å². The highest BCUT2D eigenvalue weighted by Gasteiger charge is 1.74. The maximum Gasteiger partial charge on any atom is 0.0493 e. The van der Waals surface area contributed by atoms with Crippen LogP contribution in [0, 0.1) is 0 Å². The van der Waals surface area contributed by atoms with E-state index in [1.54, 1.807) is 13.3 Å². The van der Waals surface area contributed by atoms with Crippen LogP contribution in [0.3, 0.4) is 0 Å². The van der Waals surface area contributed by atoms with Crippen molar-refractivity contribution in [1.29, 1.82) is 0 Å². The summed E-state index contributed by atoms with van der Waals surface area (Å²) in [4.78, 5) is 3.72. The fourth-order valence-electron chi connectivity index (χ4n) is 0.207. The molecule has 10 heavy (non-hydrogen) atoms. The lowest BCUT2D eigenvalue weighted by Crippen LogP contribution is -2.04. The van der Waals surface area contributed by atoms with Crippen LogP contribution in [0.1, 0.15) is 13.8 Å². The molecule has 0 aliphatic carbocycles. The number of nitrogens with zero attached hydrogens (tertiary/aromatic N) is 1. The van der Waals surface area contributed by atoms with Crippen molar-refractivity contribution in [2.24, 2.45) is 4.99 Å². The molecule has 0 saturated carbocycles. The topological polar surface area (TPSA) is 24.4 Å². The molecule has 0 heterocycles. The minimum atomic E-state index is 0.782. The van der Waals surface area contributed by atoms with Crippen LogP contribution < -0.4 is 5.32 Å². The van der Waals surface area contributed by atoms with E-state index < -0.39 is 0 Å². The van der Waals surface area contributed by atoms with Gasteiger partial charge in [-0.05, 0) is 0 Å². The number of rotatable bonds is 3. The van der Waals surface area contributed by atoms with Crippen LogP contribution in [0.5, 0.6) is 0 Å². The van der Waals surface area contributed by atoms with E-state index in [2.05, 4.69) is 23.5 Å². The van der Waals surface area contributed by atoms with Crippen molar-refractivity contribution in [2.45, 2.75) is 13.8 Å². The highest BCUT2D eigenvalue weighted by molar-refractivity contribution is 5.77. The Labute approximate surface area is 63.4 Å². The summed E-state index contributed by atoms with van der Waals surface area (Å²) in [7, 11) is 1.79. The number of allylic oxidation sites excluding steroid dienone is 1. The normalized spacial score (nSPS) is 7.90. The van der Waals surface area contributed by atoms with Crippen molar-refractivity contribution in [3.05, 3.63) is 25.1 Å². The smallest absolute Gasteiger partial charge is 0.0493 e. The van der Waals surface area contributed by atoms with Gasteiger partial charge in [0.2, 0.25) is 0 Å². The highest BCUT2D eigenvalue weighted by Crippen LogP contribution is 1.74. The maximum atomic E-state index is 3.72. The van der Waals surface area contributed by atoms with Gasteiger partial charge >= 0.3 is 0 Å². The molecule has 0 aromatic heterocycles. The molecule has 2 heteroatoms. The summed E-state index contributed by atoms with van der Waals surface area (Å²) in [5.74, 6) is 0. The maximum absolute atomic E-state index is 3.72. The lowest BCUT2D eigenvalue weighted by atomic mass is 10.5. The molecule has 0 unspecified atom stereocenters. The summed E-state index contributed by atoms with van der Waals surface area (Å²) >= 11 is 0. The zero-order chi connectivity index (χ0) is 8.41. The first-order valence-electron chi connectivity index (χ1n) is 3.32. The molecule has 58 valence electrons. The van der Waals surface area contributed by atoms with Crippen LogP contribution in [-0.4, -0.2) is 13.3 Å². The Kier molecular flexibility index (Phi) is 12.7. The summed E-state index contributed by atoms with van der Waals surface area (Å²) in [5.41, 5.74) is 0.782. The first kappa shape index (κ1) is 11.7. The first-order chi connectivity index (χ1) is 4.81. The molecule has 0 atom stereocenters. The van der Waals surface area contributed by atoms with Gasteiger partial charge in [0.1, 0.15) is 0 Å². The van der Waals surface area contributed by atoms with Gasteiger partial charge in [0.05, 0.1) is 0 Å². The molecule has 1 N–H and O–H groups in total. The Bertz CT molecular complexity index is 114. The van der Waals surface area contributed by atoms with E-state index >= 15 is 0 Å². The average molecular weight is 140 g/mol. The summed E-state index contributed by atoms with van der Waals surface area (Å²) in [6, 6.07) is 0. The molecular formula is C8H16N2. The van der Waals surface area contributed by atoms with E-state index in [0.717, 1.165) is 5.70 Å². The third-order valence-corrected chi connectivity index (χ3v) is 0.657. The lowest BCUT2D eigenvalue weighted by Gasteiger charge is -1.91. The van der Waals surface area contributed by atoms with Crippen LogP contribution in [-0.2, 0) is 0 Å². The highest BCUT2D eigenvalue weighted by atomic mass is 14.8. The van der Waals surface area contributed by atoms with Gasteiger partial charge in [0.15, 0.2) is 0 Å². The first-order valence-corrected chi connectivity index (χ1v) is 3.32. The zero-order valence-electron chi connectivity index (χ0n) is 7.02. The summed E-state index contributed by atoms with van der Waals surface area (Å²) in [6.07, 6.45) is 3.06. The second kappa shape index (κ2) is 10.8. The monoisotopic (exact) mass is 140 g/mol. The molecule has 2 nitrogen and oxygen atoms in total. The quantitative estimate of drug-likeness (QED) is 0.595. The van der Waals surface area contributed by atoms with Crippen LogP contribution in [0.2, 0.25) is 0 Å². The minimum Gasteiger partial charge on any atom is -0.387 e. The largest absolute Gasteiger partial charge is 0.387 e. The molecule has 0 aromatic carbocycles. The Morgan fingerprint density at radius 2 is 2.00 bits per heavy atom. The lowest BCUT2D eigenvalue weighted by molar-refractivity contribution is 1.07. The van der Waals surface area contributed by atoms with Crippen LogP contribution >= 0.6 is 0 Å². The van der Waals surface area contributed by atoms with Crippen molar-refractivity contribution in [3.8, 4) is 0 Å². The minimum absolute atomic E-state index is 0.782. The van der Waals surface area contributed by atoms with E-state index in [1.165, 1.54) is 6.20 Å². The Morgan fingerprint density at radius 1 is 1.50 bits per heavy atom. The standard InChI is InChI=1S/C6H10N2.C2H6/c1-4-8-5-6(2)7-3;1-2/h4-5,7H,1-2H2,3H3;1-2H3. The number of hydrogen-bond donors (Lipinski definition) is 1. The van der Waals surface area contributed by atoms with Gasteiger partial charge in [0.25, 0.3) is 0 Å². The molecule has 0 aliphatic heterocycles. The Morgan fingerprint density at radius 3 is 2.30 bits per heavy atom. The van der Waals surface area contributed by atoms with Crippen molar-refractivity contribution >= 4 is 6.21 Å². The van der Waals surface area contributed by atoms with E-state index in [0.29, 0.717) is 0 Å². The molecule has 0 rings (SSSR count). The van der Waals surface area contributed by atoms with Crippen molar-refractivity contribution in [3.63, 3.8) is 0 Å². The molecule has 0 aliphatic rings. The third-order valence-electron chi connectivity index (χ3n) is 0.657. The molecule has 0 spiro atoms. The predicted octanol–water partition coefficient (Wildman–Crippen LogP) is 1.96. The summed E-state index contributed by atoms with van der Waals surface area (Å²) < 4.78 is 0. The van der Waals surface area contributed by atoms with Gasteiger partial charge in [-0.15, -0.1) is 0 Å². The zero-order valence-corrected chi connectivity index (χ0v) is 7.02. The average Bonchev–Trinajstić information content (AvgIpc) is 2.04. The molecule has 0 amide bonds. The molecule has 0 bridgehead atoms. The van der Waals surface area contributed by atoms with E-state index in [4.69, 9.17) is 0 Å². The van der Waals surface area contributed by atoms with Crippen molar-refractivity contribution in [2.75, 3.05) is 7.05 Å². The number of hydrogen-bond acceptors (Lipinski definition) is 2. The van der Waals surface area contributed by atoms with Gasteiger partial charge in [-0.2, -0.15) is 0 Å². The van der Waals surface area contributed by atoms with Crippen LogP contribution in [0.4, 0.5) is 0 Å². The van der Waals surface area contributed by atoms with Crippen molar-refractivity contribution < 1.29 is 0 Å². The Hall–Kier alpha value is -1.05. The summed E-state index contributed by atoms with van der Waals surface area (Å²) in [6.45, 7) is 11.0. The number of nitrogens with one attached hydrogen (secondary N) is 1. The van der Waals surface area contributed by atoms with Crippen LogP contribution in [0.15, 0.2) is 30.0 Å². The van der Waals surface area contributed by atoms with Gasteiger partial charge in [-0.3, -0.25) is 4.99 Å². The molecule has 0 radical (unpaired) electrons. The van der Waals surface area contributed by atoms with Gasteiger partial charge < -0.3 is 5.32 Å². The molecule has 0 aromatic rings. The SMILES string of the molecule is C=CN=CC(=C)NC.CC. The van der Waals surface area contributed by atoms with E-state index in [1.807, 2.05) is 13.8 Å². The third kappa shape index (κ3) is 10.0.